The van der Waals surface area contributed by atoms with Gasteiger partial charge in [-0.1, -0.05) is 37.3 Å². The number of nitrogens with zero attached hydrogens (tertiary/aromatic N) is 1. The van der Waals surface area contributed by atoms with Crippen LogP contribution in [-0.4, -0.2) is 18.0 Å². The third-order valence-corrected chi connectivity index (χ3v) is 4.03. The molecule has 0 aliphatic heterocycles. The Hall–Kier alpha value is -3.34. The number of pyridine rings is 1. The summed E-state index contributed by atoms with van der Waals surface area (Å²) in [5.74, 6) is 1.02. The fraction of sp³-hybridized carbons (Fsp3) is 0.143. The summed E-state index contributed by atoms with van der Waals surface area (Å²) < 4.78 is 5.23. The van der Waals surface area contributed by atoms with Crippen molar-refractivity contribution in [3.05, 3.63) is 78.0 Å². The van der Waals surface area contributed by atoms with Gasteiger partial charge in [0.05, 0.1) is 24.6 Å². The highest BCUT2D eigenvalue weighted by atomic mass is 16.5. The van der Waals surface area contributed by atoms with Crippen LogP contribution >= 0.6 is 0 Å². The third-order valence-electron chi connectivity index (χ3n) is 4.03. The van der Waals surface area contributed by atoms with E-state index < -0.39 is 0 Å². The second-order valence-corrected chi connectivity index (χ2v) is 5.72. The van der Waals surface area contributed by atoms with E-state index in [0.717, 1.165) is 17.9 Å². The fourth-order valence-corrected chi connectivity index (χ4v) is 2.66. The number of carbonyl (C=O) groups is 1. The zero-order chi connectivity index (χ0) is 18.4. The molecule has 0 atom stereocenters. The van der Waals surface area contributed by atoms with E-state index in [1.54, 1.807) is 31.5 Å². The number of carbonyl (C=O) groups excluding carboxylic acids is 1. The number of aromatic nitrogens is 1. The molecule has 1 amide bonds. The molecule has 0 spiro atoms. The van der Waals surface area contributed by atoms with Gasteiger partial charge >= 0.3 is 0 Å². The molecule has 2 N–H and O–H groups in total. The summed E-state index contributed by atoms with van der Waals surface area (Å²) in [6.45, 7) is 2.12. The molecule has 3 rings (SSSR count). The lowest BCUT2D eigenvalue weighted by atomic mass is 10.1. The molecule has 2 aromatic carbocycles. The minimum absolute atomic E-state index is 0.235. The Morgan fingerprint density at radius 3 is 2.54 bits per heavy atom. The molecule has 0 bridgehead atoms. The van der Waals surface area contributed by atoms with Crippen molar-refractivity contribution in [2.75, 3.05) is 17.7 Å². The predicted octanol–water partition coefficient (Wildman–Crippen LogP) is 4.65. The first kappa shape index (κ1) is 17.5. The van der Waals surface area contributed by atoms with E-state index in [9.17, 15) is 4.79 Å². The van der Waals surface area contributed by atoms with Crippen molar-refractivity contribution in [3.8, 4) is 5.75 Å². The van der Waals surface area contributed by atoms with E-state index in [0.29, 0.717) is 17.0 Å². The minimum Gasteiger partial charge on any atom is -0.496 e. The van der Waals surface area contributed by atoms with Gasteiger partial charge in [-0.25, -0.2) is 4.98 Å². The van der Waals surface area contributed by atoms with Gasteiger partial charge in [0.1, 0.15) is 11.6 Å². The fourth-order valence-electron chi connectivity index (χ4n) is 2.66. The molecule has 5 heteroatoms. The van der Waals surface area contributed by atoms with Gasteiger partial charge in [0, 0.05) is 5.69 Å². The second kappa shape index (κ2) is 8.16. The van der Waals surface area contributed by atoms with Crippen LogP contribution in [0, 0.1) is 0 Å². The van der Waals surface area contributed by atoms with Crippen molar-refractivity contribution in [3.63, 3.8) is 0 Å². The Labute approximate surface area is 153 Å². The van der Waals surface area contributed by atoms with E-state index in [2.05, 4.69) is 28.6 Å². The highest BCUT2D eigenvalue weighted by Crippen LogP contribution is 2.22. The average Bonchev–Trinajstić information content (AvgIpc) is 2.69. The molecule has 1 heterocycles. The number of ether oxygens (including phenoxy) is 1. The molecule has 0 saturated carbocycles. The van der Waals surface area contributed by atoms with Crippen LogP contribution in [0.1, 0.15) is 22.8 Å². The summed E-state index contributed by atoms with van der Waals surface area (Å²) in [5, 5.41) is 6.15. The van der Waals surface area contributed by atoms with Gasteiger partial charge in [-0.3, -0.25) is 4.79 Å². The van der Waals surface area contributed by atoms with Crippen molar-refractivity contribution in [2.24, 2.45) is 0 Å². The molecule has 132 valence electrons. The van der Waals surface area contributed by atoms with Crippen molar-refractivity contribution >= 4 is 23.1 Å². The van der Waals surface area contributed by atoms with Gasteiger partial charge < -0.3 is 15.4 Å². The van der Waals surface area contributed by atoms with Gasteiger partial charge in [-0.15, -0.1) is 0 Å². The average molecular weight is 347 g/mol. The lowest BCUT2D eigenvalue weighted by Crippen LogP contribution is -2.13. The molecular weight excluding hydrogens is 326 g/mol. The number of amides is 1. The van der Waals surface area contributed by atoms with Crippen molar-refractivity contribution in [1.29, 1.82) is 0 Å². The van der Waals surface area contributed by atoms with E-state index in [4.69, 9.17) is 4.74 Å². The minimum atomic E-state index is -0.235. The van der Waals surface area contributed by atoms with Crippen LogP contribution in [0.5, 0.6) is 5.75 Å². The molecule has 0 saturated heterocycles. The van der Waals surface area contributed by atoms with E-state index in [1.807, 2.05) is 36.4 Å². The first-order chi connectivity index (χ1) is 12.7. The predicted molar refractivity (Wildman–Crippen MR) is 104 cm³/mol. The summed E-state index contributed by atoms with van der Waals surface area (Å²) in [6, 6.07) is 18.9. The lowest BCUT2D eigenvalue weighted by molar-refractivity contribution is 0.102. The second-order valence-electron chi connectivity index (χ2n) is 5.72. The molecular formula is C21H21N3O2. The number of benzene rings is 2. The Kier molecular flexibility index (Phi) is 5.49. The largest absolute Gasteiger partial charge is 0.496 e. The third kappa shape index (κ3) is 4.00. The molecule has 0 aliphatic carbocycles. The summed E-state index contributed by atoms with van der Waals surface area (Å²) in [7, 11) is 1.54. The van der Waals surface area contributed by atoms with Crippen molar-refractivity contribution in [2.45, 2.75) is 13.3 Å². The Morgan fingerprint density at radius 1 is 1.04 bits per heavy atom. The van der Waals surface area contributed by atoms with E-state index in [1.165, 1.54) is 5.56 Å². The van der Waals surface area contributed by atoms with Crippen LogP contribution in [-0.2, 0) is 6.42 Å². The summed E-state index contributed by atoms with van der Waals surface area (Å²) >= 11 is 0. The highest BCUT2D eigenvalue weighted by molar-refractivity contribution is 6.06. The number of aryl methyl sites for hydroxylation is 1. The Morgan fingerprint density at radius 2 is 1.81 bits per heavy atom. The number of hydrogen-bond donors (Lipinski definition) is 2. The molecule has 0 unspecified atom stereocenters. The maximum atomic E-state index is 12.4. The topological polar surface area (TPSA) is 63.2 Å². The molecule has 0 fully saturated rings. The van der Waals surface area contributed by atoms with Crippen LogP contribution in [0.2, 0.25) is 0 Å². The van der Waals surface area contributed by atoms with Crippen LogP contribution in [0.15, 0.2) is 66.9 Å². The van der Waals surface area contributed by atoms with Gasteiger partial charge in [0.15, 0.2) is 0 Å². The van der Waals surface area contributed by atoms with Crippen molar-refractivity contribution < 1.29 is 9.53 Å². The number of para-hydroxylation sites is 2. The smallest absolute Gasteiger partial charge is 0.259 e. The summed E-state index contributed by atoms with van der Waals surface area (Å²) in [6.07, 6.45) is 2.57. The zero-order valence-electron chi connectivity index (χ0n) is 14.8. The molecule has 1 aromatic heterocycles. The van der Waals surface area contributed by atoms with Crippen molar-refractivity contribution in [1.82, 2.24) is 4.98 Å². The lowest BCUT2D eigenvalue weighted by Gasteiger charge is -2.11. The maximum Gasteiger partial charge on any atom is 0.259 e. The van der Waals surface area contributed by atoms with Gasteiger partial charge in [-0.05, 0) is 42.3 Å². The normalized spacial score (nSPS) is 10.2. The van der Waals surface area contributed by atoms with Gasteiger partial charge in [0.25, 0.3) is 5.91 Å². The maximum absolute atomic E-state index is 12.4. The van der Waals surface area contributed by atoms with Gasteiger partial charge in [-0.2, -0.15) is 0 Å². The van der Waals surface area contributed by atoms with Crippen LogP contribution < -0.4 is 15.4 Å². The summed E-state index contributed by atoms with van der Waals surface area (Å²) in [5.41, 5.74) is 3.36. The number of anilines is 3. The Balaban J connectivity index is 1.71. The first-order valence-electron chi connectivity index (χ1n) is 8.46. The van der Waals surface area contributed by atoms with Crippen LogP contribution in [0.3, 0.4) is 0 Å². The highest BCUT2D eigenvalue weighted by Gasteiger charge is 2.11. The quantitative estimate of drug-likeness (QED) is 0.681. The zero-order valence-corrected chi connectivity index (χ0v) is 14.8. The standard InChI is InChI=1S/C21H21N3O2/c1-3-15-8-4-6-10-18(15)24-20-13-12-16(14-22-20)23-21(25)17-9-5-7-11-19(17)26-2/h4-14H,3H2,1-2H3,(H,22,24)(H,23,25). The number of hydrogen-bond acceptors (Lipinski definition) is 4. The summed E-state index contributed by atoms with van der Waals surface area (Å²) in [4.78, 5) is 16.8. The number of rotatable bonds is 6. The monoisotopic (exact) mass is 347 g/mol. The number of methoxy groups -OCH3 is 1. The van der Waals surface area contributed by atoms with Gasteiger partial charge in [0.2, 0.25) is 0 Å². The van der Waals surface area contributed by atoms with E-state index in [-0.39, 0.29) is 5.91 Å². The molecule has 5 nitrogen and oxygen atoms in total. The number of nitrogens with one attached hydrogen (secondary N) is 2. The Bertz CT molecular complexity index is 892. The molecule has 3 aromatic rings. The molecule has 0 aliphatic rings. The molecule has 26 heavy (non-hydrogen) atoms. The van der Waals surface area contributed by atoms with Crippen LogP contribution in [0.4, 0.5) is 17.2 Å². The first-order valence-corrected chi connectivity index (χ1v) is 8.46. The molecule has 0 radical (unpaired) electrons. The van der Waals surface area contributed by atoms with E-state index >= 15 is 0 Å². The van der Waals surface area contributed by atoms with Crippen LogP contribution in [0.25, 0.3) is 0 Å². The SMILES string of the molecule is CCc1ccccc1Nc1ccc(NC(=O)c2ccccc2OC)cn1.